The molecule has 2 aromatic carbocycles. The van der Waals surface area contributed by atoms with Gasteiger partial charge in [-0.15, -0.1) is 0 Å². The largest absolute Gasteiger partial charge is 0.274 e. The van der Waals surface area contributed by atoms with Crippen molar-refractivity contribution < 1.29 is 9.59 Å². The van der Waals surface area contributed by atoms with E-state index in [1.54, 1.807) is 25.1 Å². The Morgan fingerprint density at radius 2 is 1.62 bits per heavy atom. The highest BCUT2D eigenvalue weighted by Crippen LogP contribution is 2.43. The molecule has 1 heterocycles. The number of amides is 2. The van der Waals surface area contributed by atoms with Gasteiger partial charge < -0.3 is 0 Å². The van der Waals surface area contributed by atoms with Crippen LogP contribution in [-0.4, -0.2) is 11.8 Å². The molecule has 1 aliphatic heterocycles. The van der Waals surface area contributed by atoms with Gasteiger partial charge in [-0.05, 0) is 37.1 Å². The molecule has 0 aliphatic carbocycles. The second kappa shape index (κ2) is 6.23. The first-order chi connectivity index (χ1) is 11.3. The number of carbonyl (C=O) groups is 2. The third-order valence-electron chi connectivity index (χ3n) is 4.76. The van der Waals surface area contributed by atoms with E-state index < -0.39 is 11.3 Å². The van der Waals surface area contributed by atoms with E-state index in [1.165, 1.54) is 4.90 Å². The van der Waals surface area contributed by atoms with Crippen LogP contribution >= 0.6 is 23.2 Å². The molecule has 2 aromatic rings. The average Bonchev–Trinajstić information content (AvgIpc) is 2.69. The Kier molecular flexibility index (Phi) is 4.41. The number of carbonyl (C=O) groups excluding carboxylic acids is 2. The Morgan fingerprint density at radius 3 is 2.21 bits per heavy atom. The molecule has 0 N–H and O–H groups in total. The van der Waals surface area contributed by atoms with Crippen LogP contribution in [0.15, 0.2) is 48.5 Å². The van der Waals surface area contributed by atoms with Gasteiger partial charge in [-0.25, -0.2) is 4.90 Å². The average molecular weight is 362 g/mol. The van der Waals surface area contributed by atoms with Crippen LogP contribution in [0, 0.1) is 11.3 Å². The van der Waals surface area contributed by atoms with Crippen LogP contribution in [0.3, 0.4) is 0 Å². The van der Waals surface area contributed by atoms with E-state index in [-0.39, 0.29) is 11.8 Å². The van der Waals surface area contributed by atoms with Crippen LogP contribution in [0.1, 0.15) is 19.4 Å². The van der Waals surface area contributed by atoms with E-state index in [0.717, 1.165) is 5.56 Å². The number of halogens is 2. The SMILES string of the molecule is CC1C(=O)N(c2cc(Cl)cc(Cl)c2)C(=O)C1(C)Cc1ccccc1. The molecule has 0 radical (unpaired) electrons. The van der Waals surface area contributed by atoms with Gasteiger partial charge in [-0.3, -0.25) is 9.59 Å². The first kappa shape index (κ1) is 17.0. The van der Waals surface area contributed by atoms with Crippen molar-refractivity contribution in [2.75, 3.05) is 4.90 Å². The third kappa shape index (κ3) is 2.83. The van der Waals surface area contributed by atoms with Gasteiger partial charge in [0.25, 0.3) is 0 Å². The number of anilines is 1. The van der Waals surface area contributed by atoms with Crippen molar-refractivity contribution in [1.82, 2.24) is 0 Å². The molecule has 3 nitrogen and oxygen atoms in total. The molecule has 1 fully saturated rings. The van der Waals surface area contributed by atoms with Crippen LogP contribution < -0.4 is 4.90 Å². The minimum absolute atomic E-state index is 0.220. The number of benzene rings is 2. The van der Waals surface area contributed by atoms with E-state index in [0.29, 0.717) is 22.2 Å². The fourth-order valence-electron chi connectivity index (χ4n) is 3.17. The predicted molar refractivity (Wildman–Crippen MR) is 96.4 cm³/mol. The van der Waals surface area contributed by atoms with E-state index in [4.69, 9.17) is 23.2 Å². The number of nitrogens with zero attached hydrogens (tertiary/aromatic N) is 1. The summed E-state index contributed by atoms with van der Waals surface area (Å²) in [5.74, 6) is -0.873. The number of rotatable bonds is 3. The molecule has 0 spiro atoms. The second-order valence-electron chi connectivity index (χ2n) is 6.41. The van der Waals surface area contributed by atoms with Crippen molar-refractivity contribution in [2.45, 2.75) is 20.3 Å². The minimum Gasteiger partial charge on any atom is -0.274 e. The van der Waals surface area contributed by atoms with Gasteiger partial charge in [0.2, 0.25) is 11.8 Å². The summed E-state index contributed by atoms with van der Waals surface area (Å²) in [7, 11) is 0. The highest BCUT2D eigenvalue weighted by atomic mass is 35.5. The Labute approximate surface area is 151 Å². The van der Waals surface area contributed by atoms with Crippen molar-refractivity contribution in [3.8, 4) is 0 Å². The van der Waals surface area contributed by atoms with E-state index >= 15 is 0 Å². The van der Waals surface area contributed by atoms with Crippen LogP contribution in [-0.2, 0) is 16.0 Å². The molecule has 2 amide bonds. The topological polar surface area (TPSA) is 37.4 Å². The Balaban J connectivity index is 2.00. The highest BCUT2D eigenvalue weighted by Gasteiger charge is 2.54. The Hall–Kier alpha value is -1.84. The van der Waals surface area contributed by atoms with Gasteiger partial charge in [0.1, 0.15) is 0 Å². The second-order valence-corrected chi connectivity index (χ2v) is 7.28. The Bertz CT molecular complexity index is 786. The lowest BCUT2D eigenvalue weighted by Gasteiger charge is -2.25. The van der Waals surface area contributed by atoms with Gasteiger partial charge in [0.05, 0.1) is 17.0 Å². The first-order valence-electron chi connectivity index (χ1n) is 7.71. The lowest BCUT2D eigenvalue weighted by atomic mass is 9.75. The molecule has 1 aliphatic rings. The molecule has 0 bridgehead atoms. The van der Waals surface area contributed by atoms with E-state index in [1.807, 2.05) is 37.3 Å². The Morgan fingerprint density at radius 1 is 1.04 bits per heavy atom. The van der Waals surface area contributed by atoms with Crippen molar-refractivity contribution in [1.29, 1.82) is 0 Å². The third-order valence-corrected chi connectivity index (χ3v) is 5.19. The lowest BCUT2D eigenvalue weighted by Crippen LogP contribution is -2.36. The molecule has 1 saturated heterocycles. The van der Waals surface area contributed by atoms with Gasteiger partial charge >= 0.3 is 0 Å². The van der Waals surface area contributed by atoms with Gasteiger partial charge in [0.15, 0.2) is 0 Å². The molecule has 5 heteroatoms. The molecule has 124 valence electrons. The summed E-state index contributed by atoms with van der Waals surface area (Å²) >= 11 is 12.1. The quantitative estimate of drug-likeness (QED) is 0.739. The van der Waals surface area contributed by atoms with Crippen molar-refractivity contribution >= 4 is 40.7 Å². The lowest BCUT2D eigenvalue weighted by molar-refractivity contribution is -0.125. The summed E-state index contributed by atoms with van der Waals surface area (Å²) in [4.78, 5) is 27.1. The first-order valence-corrected chi connectivity index (χ1v) is 8.47. The fraction of sp³-hybridized carbons (Fsp3) is 0.263. The van der Waals surface area contributed by atoms with Crippen LogP contribution in [0.5, 0.6) is 0 Å². The van der Waals surface area contributed by atoms with Gasteiger partial charge in [0, 0.05) is 10.0 Å². The molecular formula is C19H17Cl2NO2. The summed E-state index contributed by atoms with van der Waals surface area (Å²) in [5, 5.41) is 0.782. The van der Waals surface area contributed by atoms with Crippen molar-refractivity contribution in [3.05, 3.63) is 64.1 Å². The van der Waals surface area contributed by atoms with Gasteiger partial charge in [-0.2, -0.15) is 0 Å². The maximum atomic E-state index is 13.1. The summed E-state index contributed by atoms with van der Waals surface area (Å²) in [6.45, 7) is 3.65. The monoisotopic (exact) mass is 361 g/mol. The molecule has 2 unspecified atom stereocenters. The van der Waals surface area contributed by atoms with E-state index in [9.17, 15) is 9.59 Å². The zero-order valence-corrected chi connectivity index (χ0v) is 14.9. The molecule has 0 saturated carbocycles. The molecular weight excluding hydrogens is 345 g/mol. The van der Waals surface area contributed by atoms with Crippen LogP contribution in [0.2, 0.25) is 10.0 Å². The highest BCUT2D eigenvalue weighted by molar-refractivity contribution is 6.35. The summed E-state index contributed by atoms with van der Waals surface area (Å²) in [6.07, 6.45) is 0.504. The fourth-order valence-corrected chi connectivity index (χ4v) is 3.68. The van der Waals surface area contributed by atoms with Crippen LogP contribution in [0.4, 0.5) is 5.69 Å². The zero-order chi connectivity index (χ0) is 17.5. The van der Waals surface area contributed by atoms with E-state index in [2.05, 4.69) is 0 Å². The number of imide groups is 1. The molecule has 24 heavy (non-hydrogen) atoms. The maximum absolute atomic E-state index is 13.1. The summed E-state index contributed by atoms with van der Waals surface area (Å²) in [5.41, 5.74) is 0.651. The standard InChI is InChI=1S/C19H17Cl2NO2/c1-12-17(23)22(16-9-14(20)8-15(21)10-16)18(24)19(12,2)11-13-6-4-3-5-7-13/h3-10,12H,11H2,1-2H3. The molecule has 0 aromatic heterocycles. The smallest absolute Gasteiger partial charge is 0.240 e. The number of hydrogen-bond acceptors (Lipinski definition) is 2. The zero-order valence-electron chi connectivity index (χ0n) is 13.4. The van der Waals surface area contributed by atoms with Gasteiger partial charge in [-0.1, -0.05) is 60.5 Å². The molecule has 2 atom stereocenters. The summed E-state index contributed by atoms with van der Waals surface area (Å²) < 4.78 is 0. The predicted octanol–water partition coefficient (Wildman–Crippen LogP) is 4.75. The summed E-state index contributed by atoms with van der Waals surface area (Å²) in [6, 6.07) is 14.5. The van der Waals surface area contributed by atoms with Crippen molar-refractivity contribution in [2.24, 2.45) is 11.3 Å². The minimum atomic E-state index is -0.798. The molecule has 3 rings (SSSR count). The maximum Gasteiger partial charge on any atom is 0.240 e. The van der Waals surface area contributed by atoms with Crippen LogP contribution in [0.25, 0.3) is 0 Å². The normalized spacial score (nSPS) is 23.8. The number of hydrogen-bond donors (Lipinski definition) is 0. The van der Waals surface area contributed by atoms with Crippen molar-refractivity contribution in [3.63, 3.8) is 0 Å².